The molecule has 0 bridgehead atoms. The molecule has 4 nitrogen and oxygen atoms in total. The summed E-state index contributed by atoms with van der Waals surface area (Å²) in [5.41, 5.74) is 0. The third-order valence-corrected chi connectivity index (χ3v) is 4.59. The molecule has 0 amide bonds. The molecular weight excluding hydrogens is 423 g/mol. The van der Waals surface area contributed by atoms with Gasteiger partial charge in [0.2, 0.25) is 34.8 Å². The minimum absolute atomic E-state index is 0.209. The molecule has 0 atom stereocenters. The van der Waals surface area contributed by atoms with E-state index in [-0.39, 0.29) is 12.4 Å². The summed E-state index contributed by atoms with van der Waals surface area (Å²) in [4.78, 5) is 23.2. The average Bonchev–Trinajstić information content (AvgIpc) is 2.73. The van der Waals surface area contributed by atoms with Crippen molar-refractivity contribution in [2.75, 3.05) is 6.61 Å². The van der Waals surface area contributed by atoms with E-state index in [0.717, 1.165) is 32.1 Å². The van der Waals surface area contributed by atoms with Gasteiger partial charge in [-0.1, -0.05) is 39.5 Å². The highest BCUT2D eigenvalue weighted by atomic mass is 19.2. The summed E-state index contributed by atoms with van der Waals surface area (Å²) in [7, 11) is 0. The van der Waals surface area contributed by atoms with Gasteiger partial charge in [-0.3, -0.25) is 9.59 Å². The van der Waals surface area contributed by atoms with Crippen LogP contribution < -0.4 is 4.74 Å². The van der Waals surface area contributed by atoms with Crippen molar-refractivity contribution in [1.29, 1.82) is 0 Å². The van der Waals surface area contributed by atoms with Gasteiger partial charge in [-0.05, 0) is 31.6 Å². The predicted octanol–water partition coefficient (Wildman–Crippen LogP) is 6.39. The number of benzene rings is 1. The van der Waals surface area contributed by atoms with Crippen LogP contribution in [-0.2, 0) is 14.3 Å². The summed E-state index contributed by atoms with van der Waals surface area (Å²) in [6, 6.07) is 0. The van der Waals surface area contributed by atoms with E-state index in [0.29, 0.717) is 38.2 Å². The van der Waals surface area contributed by atoms with Crippen molar-refractivity contribution < 1.29 is 41.0 Å². The monoisotopic (exact) mass is 452 g/mol. The number of carbonyl (C=O) groups excluding carboxylic acids is 2. The summed E-state index contributed by atoms with van der Waals surface area (Å²) >= 11 is 0. The molecule has 0 saturated carbocycles. The summed E-state index contributed by atoms with van der Waals surface area (Å²) in [6.07, 6.45) is 6.07. The number of halogens is 5. The number of ether oxygens (including phenoxy) is 2. The van der Waals surface area contributed by atoms with Crippen molar-refractivity contribution in [2.24, 2.45) is 5.92 Å². The molecule has 1 aromatic carbocycles. The van der Waals surface area contributed by atoms with E-state index >= 15 is 0 Å². The number of esters is 2. The zero-order valence-corrected chi connectivity index (χ0v) is 17.9. The van der Waals surface area contributed by atoms with Crippen LogP contribution in [0.1, 0.15) is 78.1 Å². The Morgan fingerprint density at radius 2 is 1.13 bits per heavy atom. The highest BCUT2D eigenvalue weighted by molar-refractivity contribution is 5.72. The summed E-state index contributed by atoms with van der Waals surface area (Å²) in [6.45, 7) is 4.66. The molecule has 31 heavy (non-hydrogen) atoms. The number of hydrogen-bond acceptors (Lipinski definition) is 4. The van der Waals surface area contributed by atoms with Gasteiger partial charge >= 0.3 is 11.9 Å². The first-order valence-corrected chi connectivity index (χ1v) is 10.5. The maximum atomic E-state index is 13.5. The molecule has 0 saturated heterocycles. The fraction of sp³-hybridized carbons (Fsp3) is 0.636. The van der Waals surface area contributed by atoms with E-state index in [1.165, 1.54) is 0 Å². The second kappa shape index (κ2) is 14.0. The van der Waals surface area contributed by atoms with Crippen LogP contribution in [-0.4, -0.2) is 18.5 Å². The Morgan fingerprint density at radius 1 is 0.677 bits per heavy atom. The second-order valence-corrected chi connectivity index (χ2v) is 7.75. The second-order valence-electron chi connectivity index (χ2n) is 7.75. The molecule has 9 heteroatoms. The van der Waals surface area contributed by atoms with Crippen LogP contribution in [0.15, 0.2) is 0 Å². The van der Waals surface area contributed by atoms with Gasteiger partial charge in [-0.15, -0.1) is 0 Å². The number of rotatable bonds is 14. The third kappa shape index (κ3) is 9.65. The van der Waals surface area contributed by atoms with Crippen LogP contribution >= 0.6 is 0 Å². The van der Waals surface area contributed by atoms with Gasteiger partial charge in [-0.25, -0.2) is 13.2 Å². The Kier molecular flexibility index (Phi) is 12.1. The van der Waals surface area contributed by atoms with Gasteiger partial charge in [-0.2, -0.15) is 8.78 Å². The van der Waals surface area contributed by atoms with Crippen molar-refractivity contribution in [1.82, 2.24) is 0 Å². The Balaban J connectivity index is 2.15. The van der Waals surface area contributed by atoms with Crippen LogP contribution in [0.2, 0.25) is 0 Å². The molecule has 176 valence electrons. The Hall–Kier alpha value is -2.19. The van der Waals surface area contributed by atoms with E-state index in [9.17, 15) is 31.5 Å². The zero-order valence-electron chi connectivity index (χ0n) is 17.9. The maximum Gasteiger partial charge on any atom is 0.311 e. The molecule has 1 rings (SSSR count). The lowest BCUT2D eigenvalue weighted by molar-refractivity contribution is -0.144. The lowest BCUT2D eigenvalue weighted by Crippen LogP contribution is -2.13. The lowest BCUT2D eigenvalue weighted by atomic mass is 10.1. The minimum Gasteiger partial charge on any atom is -0.466 e. The lowest BCUT2D eigenvalue weighted by Gasteiger charge is -2.09. The quantitative estimate of drug-likeness (QED) is 0.0820. The van der Waals surface area contributed by atoms with Crippen LogP contribution in [0.25, 0.3) is 0 Å². The van der Waals surface area contributed by atoms with Crippen molar-refractivity contribution in [3.05, 3.63) is 29.1 Å². The highest BCUT2D eigenvalue weighted by Gasteiger charge is 2.28. The number of unbranched alkanes of at least 4 members (excludes halogenated alkanes) is 5. The van der Waals surface area contributed by atoms with Gasteiger partial charge in [0.05, 0.1) is 6.61 Å². The first-order chi connectivity index (χ1) is 14.6. The Bertz CT molecular complexity index is 708. The number of carbonyl (C=O) groups is 2. The van der Waals surface area contributed by atoms with E-state index < -0.39 is 40.8 Å². The van der Waals surface area contributed by atoms with Gasteiger partial charge in [0.25, 0.3) is 0 Å². The first-order valence-electron chi connectivity index (χ1n) is 10.5. The minimum atomic E-state index is -2.31. The summed E-state index contributed by atoms with van der Waals surface area (Å²) < 4.78 is 75.5. The van der Waals surface area contributed by atoms with Gasteiger partial charge < -0.3 is 9.47 Å². The van der Waals surface area contributed by atoms with Crippen LogP contribution in [0.5, 0.6) is 5.75 Å². The van der Waals surface area contributed by atoms with Crippen LogP contribution in [0.4, 0.5) is 22.0 Å². The summed E-state index contributed by atoms with van der Waals surface area (Å²) in [5.74, 6) is -13.3. The fourth-order valence-electron chi connectivity index (χ4n) is 2.83. The van der Waals surface area contributed by atoms with Crippen molar-refractivity contribution in [3.63, 3.8) is 0 Å². The van der Waals surface area contributed by atoms with E-state index in [4.69, 9.17) is 4.74 Å². The average molecular weight is 452 g/mol. The first kappa shape index (κ1) is 26.8. The van der Waals surface area contributed by atoms with Crippen LogP contribution in [0.3, 0.4) is 0 Å². The molecule has 0 aromatic heterocycles. The van der Waals surface area contributed by atoms with Crippen LogP contribution in [0, 0.1) is 35.0 Å². The molecular formula is C22H29F5O4. The molecule has 0 radical (unpaired) electrons. The standard InChI is InChI=1S/C22H29F5O4/c1-14(2)10-9-13-30-15(28)11-7-5-3-4-6-8-12-16(29)31-22-20(26)18(24)17(23)19(25)21(22)27/h14H,3-13H2,1-2H3. The summed E-state index contributed by atoms with van der Waals surface area (Å²) in [5, 5.41) is 0. The fourth-order valence-corrected chi connectivity index (χ4v) is 2.83. The number of hydrogen-bond donors (Lipinski definition) is 0. The molecule has 0 spiro atoms. The maximum absolute atomic E-state index is 13.5. The predicted molar refractivity (Wildman–Crippen MR) is 104 cm³/mol. The molecule has 0 heterocycles. The third-order valence-electron chi connectivity index (χ3n) is 4.59. The van der Waals surface area contributed by atoms with E-state index in [1.807, 2.05) is 0 Å². The molecule has 0 N–H and O–H groups in total. The van der Waals surface area contributed by atoms with Crippen molar-refractivity contribution in [2.45, 2.75) is 78.1 Å². The topological polar surface area (TPSA) is 52.6 Å². The Labute approximate surface area is 179 Å². The van der Waals surface area contributed by atoms with Gasteiger partial charge in [0.15, 0.2) is 0 Å². The Morgan fingerprint density at radius 3 is 1.65 bits per heavy atom. The molecule has 0 aliphatic carbocycles. The molecule has 0 fully saturated rings. The smallest absolute Gasteiger partial charge is 0.311 e. The van der Waals surface area contributed by atoms with Crippen molar-refractivity contribution in [3.8, 4) is 5.75 Å². The van der Waals surface area contributed by atoms with Crippen molar-refractivity contribution >= 4 is 11.9 Å². The normalized spacial score (nSPS) is 11.1. The largest absolute Gasteiger partial charge is 0.466 e. The molecule has 0 aliphatic rings. The SMILES string of the molecule is CC(C)CCCOC(=O)CCCCCCCCC(=O)Oc1c(F)c(F)c(F)c(F)c1F. The highest BCUT2D eigenvalue weighted by Crippen LogP contribution is 2.29. The molecule has 0 unspecified atom stereocenters. The van der Waals surface area contributed by atoms with Gasteiger partial charge in [0.1, 0.15) is 0 Å². The van der Waals surface area contributed by atoms with E-state index in [1.54, 1.807) is 0 Å². The van der Waals surface area contributed by atoms with Gasteiger partial charge in [0, 0.05) is 12.8 Å². The zero-order chi connectivity index (χ0) is 23.4. The van der Waals surface area contributed by atoms with E-state index in [2.05, 4.69) is 18.6 Å². The molecule has 0 aliphatic heterocycles. The molecule has 1 aromatic rings.